The molecule has 3 rings (SSSR count). The number of hydrogen-bond acceptors (Lipinski definition) is 3. The lowest BCUT2D eigenvalue weighted by Gasteiger charge is -2.59. The standard InChI is InChI=1S/C20H32O4/c1-12(2)20(24)11-13-6-7-15-18(3,14(13)10-16(20)21)8-5-9-19(15,4)17(22)23/h6,12,14-16,21,24H,5,7-11H2,1-4H3,(H,22,23)/t14-,15+,16+,18+,19+,20+/m0/s1. The zero-order valence-corrected chi connectivity index (χ0v) is 15.4. The maximum Gasteiger partial charge on any atom is 0.309 e. The average Bonchev–Trinajstić information content (AvgIpc) is 2.48. The number of aliphatic carboxylic acids is 1. The molecule has 0 heterocycles. The van der Waals surface area contributed by atoms with Gasteiger partial charge in [0.05, 0.1) is 17.1 Å². The van der Waals surface area contributed by atoms with E-state index in [9.17, 15) is 20.1 Å². The fourth-order valence-corrected chi connectivity index (χ4v) is 6.03. The van der Waals surface area contributed by atoms with Crippen molar-refractivity contribution < 1.29 is 20.1 Å². The SMILES string of the molecule is CC(C)[C@]1(O)CC2=CC[C@@H]3[C@](C)(CCC[C@@]3(C)C(=O)O)[C@H]2C[C@H]1O. The number of carboxylic acids is 1. The van der Waals surface area contributed by atoms with E-state index in [1.165, 1.54) is 5.57 Å². The Balaban J connectivity index is 1.99. The van der Waals surface area contributed by atoms with Crippen LogP contribution in [0.3, 0.4) is 0 Å². The molecule has 0 radical (unpaired) electrons. The average molecular weight is 336 g/mol. The highest BCUT2D eigenvalue weighted by molar-refractivity contribution is 5.75. The first kappa shape index (κ1) is 17.9. The van der Waals surface area contributed by atoms with Gasteiger partial charge in [-0.05, 0) is 55.8 Å². The molecular weight excluding hydrogens is 304 g/mol. The van der Waals surface area contributed by atoms with Crippen LogP contribution in [0.25, 0.3) is 0 Å². The van der Waals surface area contributed by atoms with Gasteiger partial charge in [0.2, 0.25) is 0 Å². The maximum absolute atomic E-state index is 12.0. The molecule has 0 bridgehead atoms. The monoisotopic (exact) mass is 336 g/mol. The Hall–Kier alpha value is -0.870. The van der Waals surface area contributed by atoms with Crippen LogP contribution >= 0.6 is 0 Å². The summed E-state index contributed by atoms with van der Waals surface area (Å²) < 4.78 is 0. The Labute approximate surface area is 145 Å². The number of carbonyl (C=O) groups is 1. The predicted octanol–water partition coefficient (Wildman–Crippen LogP) is 3.37. The summed E-state index contributed by atoms with van der Waals surface area (Å²) >= 11 is 0. The minimum Gasteiger partial charge on any atom is -0.481 e. The summed E-state index contributed by atoms with van der Waals surface area (Å²) in [5.41, 5.74) is -0.610. The molecule has 6 atom stereocenters. The molecule has 3 N–H and O–H groups in total. The summed E-state index contributed by atoms with van der Waals surface area (Å²) in [5, 5.41) is 31.5. The number of carboxylic acid groups (broad SMARTS) is 1. The molecule has 2 fully saturated rings. The molecule has 24 heavy (non-hydrogen) atoms. The van der Waals surface area contributed by atoms with Gasteiger partial charge in [-0.2, -0.15) is 0 Å². The molecular formula is C20H32O4. The third-order valence-electron chi connectivity index (χ3n) is 7.85. The molecule has 0 amide bonds. The van der Waals surface area contributed by atoms with Crippen LogP contribution in [0.1, 0.15) is 66.2 Å². The molecule has 0 aliphatic heterocycles. The van der Waals surface area contributed by atoms with E-state index >= 15 is 0 Å². The number of aliphatic hydroxyl groups excluding tert-OH is 1. The fraction of sp³-hybridized carbons (Fsp3) is 0.850. The van der Waals surface area contributed by atoms with E-state index in [1.54, 1.807) is 0 Å². The zero-order valence-electron chi connectivity index (χ0n) is 15.4. The summed E-state index contributed by atoms with van der Waals surface area (Å²) in [7, 11) is 0. The van der Waals surface area contributed by atoms with Crippen LogP contribution in [-0.2, 0) is 4.79 Å². The van der Waals surface area contributed by atoms with Crippen LogP contribution in [0, 0.1) is 28.6 Å². The predicted molar refractivity (Wildman–Crippen MR) is 92.4 cm³/mol. The molecule has 4 heteroatoms. The van der Waals surface area contributed by atoms with Crippen molar-refractivity contribution >= 4 is 5.97 Å². The lowest BCUT2D eigenvalue weighted by molar-refractivity contribution is -0.170. The highest BCUT2D eigenvalue weighted by atomic mass is 16.4. The molecule has 0 aromatic rings. The summed E-state index contributed by atoms with van der Waals surface area (Å²) in [5.74, 6) is -0.410. The van der Waals surface area contributed by atoms with Crippen molar-refractivity contribution in [1.29, 1.82) is 0 Å². The summed E-state index contributed by atoms with van der Waals surface area (Å²) in [6, 6.07) is 0. The third kappa shape index (κ3) is 2.29. The minimum atomic E-state index is -1.06. The van der Waals surface area contributed by atoms with E-state index in [4.69, 9.17) is 0 Å². The highest BCUT2D eigenvalue weighted by Gasteiger charge is 2.60. The number of hydrogen-bond donors (Lipinski definition) is 3. The molecule has 0 spiro atoms. The molecule has 0 aromatic carbocycles. The van der Waals surface area contributed by atoms with Gasteiger partial charge < -0.3 is 15.3 Å². The van der Waals surface area contributed by atoms with Gasteiger partial charge in [-0.1, -0.05) is 38.8 Å². The molecule has 3 aliphatic rings. The maximum atomic E-state index is 12.0. The lowest BCUT2D eigenvalue weighted by Crippen LogP contribution is -2.58. The molecule has 0 saturated heterocycles. The quantitative estimate of drug-likeness (QED) is 0.676. The van der Waals surface area contributed by atoms with E-state index in [0.717, 1.165) is 25.7 Å². The zero-order chi connectivity index (χ0) is 17.9. The topological polar surface area (TPSA) is 77.8 Å². The fourth-order valence-electron chi connectivity index (χ4n) is 6.03. The van der Waals surface area contributed by atoms with Crippen molar-refractivity contribution in [2.24, 2.45) is 28.6 Å². The molecule has 4 nitrogen and oxygen atoms in total. The van der Waals surface area contributed by atoms with Gasteiger partial charge >= 0.3 is 5.97 Å². The minimum absolute atomic E-state index is 0.00415. The number of rotatable bonds is 2. The Morgan fingerprint density at radius 3 is 2.54 bits per heavy atom. The van der Waals surface area contributed by atoms with Crippen LogP contribution in [-0.4, -0.2) is 33.0 Å². The summed E-state index contributed by atoms with van der Waals surface area (Å²) in [4.78, 5) is 12.0. The molecule has 0 aromatic heterocycles. The largest absolute Gasteiger partial charge is 0.481 e. The van der Waals surface area contributed by atoms with Crippen molar-refractivity contribution in [3.05, 3.63) is 11.6 Å². The van der Waals surface area contributed by atoms with Gasteiger partial charge in [-0.15, -0.1) is 0 Å². The number of fused-ring (bicyclic) bond motifs is 3. The van der Waals surface area contributed by atoms with Gasteiger partial charge in [0.1, 0.15) is 0 Å². The van der Waals surface area contributed by atoms with Crippen molar-refractivity contribution in [3.63, 3.8) is 0 Å². The van der Waals surface area contributed by atoms with Crippen molar-refractivity contribution in [1.82, 2.24) is 0 Å². The smallest absolute Gasteiger partial charge is 0.309 e. The first-order valence-electron chi connectivity index (χ1n) is 9.38. The van der Waals surface area contributed by atoms with Crippen molar-refractivity contribution in [3.8, 4) is 0 Å². The van der Waals surface area contributed by atoms with Crippen LogP contribution in [0.15, 0.2) is 11.6 Å². The number of aliphatic hydroxyl groups is 2. The van der Waals surface area contributed by atoms with Crippen LogP contribution < -0.4 is 0 Å². The van der Waals surface area contributed by atoms with Crippen molar-refractivity contribution in [2.45, 2.75) is 77.9 Å². The second-order valence-corrected chi connectivity index (χ2v) is 9.28. The van der Waals surface area contributed by atoms with E-state index in [1.807, 2.05) is 20.8 Å². The van der Waals surface area contributed by atoms with Crippen molar-refractivity contribution in [2.75, 3.05) is 0 Å². The van der Waals surface area contributed by atoms with E-state index in [2.05, 4.69) is 13.0 Å². The first-order chi connectivity index (χ1) is 11.1. The van der Waals surface area contributed by atoms with Crippen LogP contribution in [0.5, 0.6) is 0 Å². The van der Waals surface area contributed by atoms with Gasteiger partial charge in [0, 0.05) is 6.42 Å². The first-order valence-corrected chi connectivity index (χ1v) is 9.38. The van der Waals surface area contributed by atoms with Gasteiger partial charge in [0.15, 0.2) is 0 Å². The van der Waals surface area contributed by atoms with Crippen LogP contribution in [0.2, 0.25) is 0 Å². The molecule has 3 aliphatic carbocycles. The highest BCUT2D eigenvalue weighted by Crippen LogP contribution is 2.63. The van der Waals surface area contributed by atoms with Gasteiger partial charge in [0.25, 0.3) is 0 Å². The molecule has 2 saturated carbocycles. The second-order valence-electron chi connectivity index (χ2n) is 9.28. The second kappa shape index (κ2) is 5.57. The Kier molecular flexibility index (Phi) is 4.16. The third-order valence-corrected chi connectivity index (χ3v) is 7.85. The summed E-state index contributed by atoms with van der Waals surface area (Å²) in [6.07, 6.45) is 5.94. The van der Waals surface area contributed by atoms with Gasteiger partial charge in [-0.25, -0.2) is 0 Å². The van der Waals surface area contributed by atoms with Gasteiger partial charge in [-0.3, -0.25) is 4.79 Å². The Morgan fingerprint density at radius 2 is 1.96 bits per heavy atom. The molecule has 0 unspecified atom stereocenters. The van der Waals surface area contributed by atoms with E-state index < -0.39 is 23.1 Å². The lowest BCUT2D eigenvalue weighted by atomic mass is 9.45. The van der Waals surface area contributed by atoms with Crippen LogP contribution in [0.4, 0.5) is 0 Å². The Bertz CT molecular complexity index is 568. The van der Waals surface area contributed by atoms with E-state index in [-0.39, 0.29) is 23.2 Å². The normalized spacial score (nSPS) is 48.5. The number of allylic oxidation sites excluding steroid dienone is 1. The Morgan fingerprint density at radius 1 is 1.29 bits per heavy atom. The molecule has 136 valence electrons. The van der Waals surface area contributed by atoms with E-state index in [0.29, 0.717) is 12.8 Å². The summed E-state index contributed by atoms with van der Waals surface area (Å²) in [6.45, 7) is 8.04.